The fraction of sp³-hybridized carbons (Fsp3) is 0.333. The third-order valence-electron chi connectivity index (χ3n) is 4.88. The van der Waals surface area contributed by atoms with Crippen molar-refractivity contribution in [1.29, 1.82) is 0 Å². The molecule has 216 valence electrons. The maximum atomic E-state index is 8.49. The second-order valence-electron chi connectivity index (χ2n) is 8.37. The fourth-order valence-corrected chi connectivity index (χ4v) is 3.83. The van der Waals surface area contributed by atoms with E-state index in [1.807, 2.05) is 46.4 Å². The van der Waals surface area contributed by atoms with Crippen molar-refractivity contribution in [3.05, 3.63) is 58.5 Å². The first-order valence-electron chi connectivity index (χ1n) is 11.2. The minimum atomic E-state index is -4.94. The van der Waals surface area contributed by atoms with Crippen molar-refractivity contribution >= 4 is 34.4 Å². The second-order valence-corrected chi connectivity index (χ2v) is 10.3. The predicted octanol–water partition coefficient (Wildman–Crippen LogP) is -5.26. The van der Waals surface area contributed by atoms with E-state index < -0.39 is 20.5 Å². The van der Waals surface area contributed by atoms with Crippen LogP contribution in [0.25, 0.3) is 27.9 Å². The van der Waals surface area contributed by atoms with Crippen molar-refractivity contribution in [2.24, 2.45) is 0 Å². The van der Waals surface area contributed by atoms with Crippen molar-refractivity contribution in [1.82, 2.24) is 9.48 Å². The van der Waals surface area contributed by atoms with Gasteiger partial charge in [-0.1, -0.05) is 11.6 Å². The summed E-state index contributed by atoms with van der Waals surface area (Å²) in [6.45, 7) is 6.24. The van der Waals surface area contributed by atoms with Crippen LogP contribution in [0.1, 0.15) is 19.4 Å². The maximum Gasteiger partial charge on any atom is 0.203 e. The Morgan fingerprint density at radius 3 is 1.90 bits per heavy atom. The molecule has 0 N–H and O–H groups in total. The molecule has 0 spiro atoms. The molecule has 1 aromatic rings. The monoisotopic (exact) mass is 609 g/mol. The van der Waals surface area contributed by atoms with Crippen LogP contribution in [0.5, 0.6) is 0 Å². The molecule has 1 heterocycles. The van der Waals surface area contributed by atoms with E-state index in [-0.39, 0.29) is 0 Å². The van der Waals surface area contributed by atoms with Gasteiger partial charge in [0.25, 0.3) is 0 Å². The highest BCUT2D eigenvalue weighted by molar-refractivity contribution is 6.31. The SMILES string of the molecule is CC[N+](CC)=c1ccc2c(/C(C=[N+](C)C)=C\N(C)C)c3ccc(Cl)cc3oc-2c1.[O-][Cl+3]([O-])([O-])[O-].[O-][Cl+3]([O-])([O-])[O-]. The van der Waals surface area contributed by atoms with Crippen LogP contribution in [0.4, 0.5) is 0 Å². The lowest BCUT2D eigenvalue weighted by atomic mass is 9.94. The molecule has 15 heteroatoms. The van der Waals surface area contributed by atoms with E-state index in [2.05, 4.69) is 58.5 Å². The first-order chi connectivity index (χ1) is 17.8. The molecule has 1 aliphatic carbocycles. The van der Waals surface area contributed by atoms with Crippen molar-refractivity contribution < 1.29 is 66.8 Å². The normalized spacial score (nSPS) is 11.8. The molecular formula is C24H30Cl3N3O9. The summed E-state index contributed by atoms with van der Waals surface area (Å²) < 4.78 is 78.7. The Morgan fingerprint density at radius 2 is 1.44 bits per heavy atom. The third kappa shape index (κ3) is 13.0. The van der Waals surface area contributed by atoms with Crippen LogP contribution >= 0.6 is 11.6 Å². The van der Waals surface area contributed by atoms with Gasteiger partial charge in [0.05, 0.1) is 11.6 Å². The van der Waals surface area contributed by atoms with Gasteiger partial charge in [0.15, 0.2) is 6.21 Å². The number of benzene rings is 2. The van der Waals surface area contributed by atoms with Crippen LogP contribution in [0, 0.1) is 20.5 Å². The Labute approximate surface area is 235 Å². The maximum absolute atomic E-state index is 8.49. The summed E-state index contributed by atoms with van der Waals surface area (Å²) in [5.41, 5.74) is 4.13. The Balaban J connectivity index is 0.000000650. The Kier molecular flexibility index (Phi) is 13.2. The molecule has 0 atom stereocenters. The van der Waals surface area contributed by atoms with Gasteiger partial charge in [0, 0.05) is 54.0 Å². The summed E-state index contributed by atoms with van der Waals surface area (Å²) in [6, 6.07) is 12.3. The van der Waals surface area contributed by atoms with E-state index in [0.717, 1.165) is 51.9 Å². The molecule has 12 nitrogen and oxygen atoms in total. The zero-order valence-electron chi connectivity index (χ0n) is 22.2. The first-order valence-corrected chi connectivity index (χ1v) is 14.1. The summed E-state index contributed by atoms with van der Waals surface area (Å²) in [4.78, 5) is 2.07. The first kappa shape index (κ1) is 34.7. The zero-order valence-corrected chi connectivity index (χ0v) is 24.5. The van der Waals surface area contributed by atoms with Crippen LogP contribution < -0.4 is 47.2 Å². The molecular weight excluding hydrogens is 581 g/mol. The second kappa shape index (κ2) is 14.9. The highest BCUT2D eigenvalue weighted by Crippen LogP contribution is 2.37. The summed E-state index contributed by atoms with van der Waals surface area (Å²) in [7, 11) is -1.74. The van der Waals surface area contributed by atoms with Crippen molar-refractivity contribution in [3.8, 4) is 11.3 Å². The molecule has 0 amide bonds. The highest BCUT2D eigenvalue weighted by Gasteiger charge is 2.21. The Morgan fingerprint density at radius 1 is 0.897 bits per heavy atom. The number of rotatable bonds is 5. The Hall–Kier alpha value is -2.33. The van der Waals surface area contributed by atoms with Gasteiger partial charge in [-0.05, 0) is 32.0 Å². The van der Waals surface area contributed by atoms with Gasteiger partial charge in [0.2, 0.25) is 5.36 Å². The molecule has 1 aliphatic heterocycles. The van der Waals surface area contributed by atoms with Crippen LogP contribution in [-0.4, -0.2) is 57.0 Å². The number of nitrogens with zero attached hydrogens (tertiary/aromatic N) is 3. The van der Waals surface area contributed by atoms with Gasteiger partial charge < -0.3 is 9.32 Å². The van der Waals surface area contributed by atoms with Crippen molar-refractivity contribution in [3.63, 3.8) is 0 Å². The highest BCUT2D eigenvalue weighted by atomic mass is 35.7. The molecule has 0 saturated carbocycles. The molecule has 0 radical (unpaired) electrons. The van der Waals surface area contributed by atoms with Crippen LogP contribution in [0.2, 0.25) is 5.02 Å². The minimum Gasteiger partial charge on any atom is -0.456 e. The average molecular weight is 611 g/mol. The Bertz CT molecular complexity index is 1310. The molecule has 0 fully saturated rings. The third-order valence-corrected chi connectivity index (χ3v) is 5.11. The van der Waals surface area contributed by atoms with E-state index in [9.17, 15) is 0 Å². The van der Waals surface area contributed by atoms with E-state index in [4.69, 9.17) is 53.3 Å². The molecule has 0 unspecified atom stereocenters. The number of allylic oxidation sites excluding steroid dienone is 1. The standard InChI is InChI=1S/C24H30ClN3O.2ClHO4/c1-7-28(8-2)19-10-12-21-23(14-19)29-22-13-18(25)9-11-20(22)24(21)17(15-26(3)4)16-27(5)6;2*2-1(3,4)5/h9-16H,7-8H2,1-6H3;2*(H,2,3,4,5)/q+2;;/p-2. The zero-order chi connectivity index (χ0) is 30.1. The number of hydrogen-bond acceptors (Lipinski definition) is 10. The molecule has 39 heavy (non-hydrogen) atoms. The lowest BCUT2D eigenvalue weighted by Crippen LogP contribution is -2.68. The quantitative estimate of drug-likeness (QED) is 0.152. The minimum absolute atomic E-state index is 0.668. The molecule has 0 saturated heterocycles. The van der Waals surface area contributed by atoms with Crippen LogP contribution in [0.3, 0.4) is 0 Å². The lowest BCUT2D eigenvalue weighted by molar-refractivity contribution is -2.00. The van der Waals surface area contributed by atoms with Crippen LogP contribution in [0.15, 0.2) is 47.0 Å². The summed E-state index contributed by atoms with van der Waals surface area (Å²) in [6.07, 6.45) is 4.28. The van der Waals surface area contributed by atoms with Gasteiger partial charge in [-0.2, -0.15) is 0 Å². The van der Waals surface area contributed by atoms with E-state index in [1.165, 1.54) is 0 Å². The van der Waals surface area contributed by atoms with Gasteiger partial charge in [0.1, 0.15) is 38.5 Å². The van der Waals surface area contributed by atoms with Gasteiger partial charge in [-0.25, -0.2) is 46.4 Å². The van der Waals surface area contributed by atoms with E-state index >= 15 is 0 Å². The summed E-state index contributed by atoms with van der Waals surface area (Å²) >= 11 is 6.29. The van der Waals surface area contributed by atoms with Crippen molar-refractivity contribution in [2.45, 2.75) is 13.8 Å². The molecule has 1 aromatic carbocycles. The summed E-state index contributed by atoms with van der Waals surface area (Å²) in [5, 5.41) is 2.87. The molecule has 3 rings (SSSR count). The topological polar surface area (TPSA) is 207 Å². The molecule has 2 aliphatic rings. The number of fused-ring (bicyclic) bond motifs is 2. The van der Waals surface area contributed by atoms with E-state index in [1.54, 1.807) is 0 Å². The number of halogens is 3. The largest absolute Gasteiger partial charge is 0.456 e. The predicted molar refractivity (Wildman–Crippen MR) is 124 cm³/mol. The smallest absolute Gasteiger partial charge is 0.203 e. The van der Waals surface area contributed by atoms with Crippen LogP contribution in [-0.2, 0) is 0 Å². The van der Waals surface area contributed by atoms with Crippen molar-refractivity contribution in [2.75, 3.05) is 41.3 Å². The van der Waals surface area contributed by atoms with Gasteiger partial charge in [-0.3, -0.25) is 0 Å². The van der Waals surface area contributed by atoms with Gasteiger partial charge in [-0.15, -0.1) is 20.5 Å². The van der Waals surface area contributed by atoms with E-state index in [0.29, 0.717) is 5.02 Å². The average Bonchev–Trinajstić information content (AvgIpc) is 2.74. The fourth-order valence-electron chi connectivity index (χ4n) is 3.67. The molecule has 0 bridgehead atoms. The lowest BCUT2D eigenvalue weighted by Gasteiger charge is -2.17. The summed E-state index contributed by atoms with van der Waals surface area (Å²) in [5.74, 6) is 0.857. The number of hydrogen-bond donors (Lipinski definition) is 0. The molecule has 0 aromatic heterocycles. The van der Waals surface area contributed by atoms with Gasteiger partial charge >= 0.3 is 0 Å².